The molecule has 0 aliphatic heterocycles. The molecule has 0 aliphatic rings. The van der Waals surface area contributed by atoms with Gasteiger partial charge in [-0.1, -0.05) is 375 Å². The SMILES string of the molecule is CC/C=C\C/C=C\C/C=C\C/C=C\C/C=C\C/C=C\C/C=C\CCCCCCCCCCCCCCCCCCCCCC(=O)OC(CO)COC(=O)CCCCCCCCCCCCCCCCCCCCCCCCCCCCC. The summed E-state index contributed by atoms with van der Waals surface area (Å²) < 4.78 is 10.8. The molecular formula is C77H138O5. The van der Waals surface area contributed by atoms with Crippen LogP contribution in [0.15, 0.2) is 85.1 Å². The molecule has 1 unspecified atom stereocenters. The lowest BCUT2D eigenvalue weighted by molar-refractivity contribution is -0.161. The molecule has 0 spiro atoms. The Balaban J connectivity index is 3.42. The van der Waals surface area contributed by atoms with E-state index in [4.69, 9.17) is 9.47 Å². The summed E-state index contributed by atoms with van der Waals surface area (Å²) >= 11 is 0. The molecule has 82 heavy (non-hydrogen) atoms. The molecule has 0 rings (SSSR count). The number of hydrogen-bond acceptors (Lipinski definition) is 5. The highest BCUT2D eigenvalue weighted by molar-refractivity contribution is 5.70. The van der Waals surface area contributed by atoms with Gasteiger partial charge in [-0.05, 0) is 70.6 Å². The van der Waals surface area contributed by atoms with Gasteiger partial charge in [0.2, 0.25) is 0 Å². The third-order valence-electron chi connectivity index (χ3n) is 16.2. The minimum absolute atomic E-state index is 0.0613. The van der Waals surface area contributed by atoms with E-state index in [1.807, 2.05) is 0 Å². The number of esters is 2. The number of rotatable bonds is 67. The third-order valence-corrected chi connectivity index (χ3v) is 16.2. The van der Waals surface area contributed by atoms with Crippen molar-refractivity contribution in [2.24, 2.45) is 0 Å². The van der Waals surface area contributed by atoms with Gasteiger partial charge in [-0.2, -0.15) is 0 Å². The maximum absolute atomic E-state index is 12.4. The number of carbonyl (C=O) groups is 2. The Labute approximate surface area is 511 Å². The van der Waals surface area contributed by atoms with Crippen LogP contribution in [0.4, 0.5) is 0 Å². The van der Waals surface area contributed by atoms with Gasteiger partial charge in [0, 0.05) is 12.8 Å². The Kier molecular flexibility index (Phi) is 69.8. The second kappa shape index (κ2) is 72.3. The van der Waals surface area contributed by atoms with Gasteiger partial charge in [0.15, 0.2) is 6.10 Å². The van der Waals surface area contributed by atoms with E-state index in [1.165, 1.54) is 270 Å². The minimum Gasteiger partial charge on any atom is -0.462 e. The topological polar surface area (TPSA) is 72.8 Å². The summed E-state index contributed by atoms with van der Waals surface area (Å²) in [5, 5.41) is 9.71. The van der Waals surface area contributed by atoms with Crippen LogP contribution in [0.3, 0.4) is 0 Å². The van der Waals surface area contributed by atoms with Crippen LogP contribution in [-0.2, 0) is 19.1 Å². The van der Waals surface area contributed by atoms with Gasteiger partial charge in [0.1, 0.15) is 6.61 Å². The summed E-state index contributed by atoms with van der Waals surface area (Å²) in [6.45, 7) is 4.08. The lowest BCUT2D eigenvalue weighted by Gasteiger charge is -2.15. The quantitative estimate of drug-likeness (QED) is 0.0373. The minimum atomic E-state index is -0.772. The van der Waals surface area contributed by atoms with Crippen LogP contribution in [0.25, 0.3) is 0 Å². The summed E-state index contributed by atoms with van der Waals surface area (Å²) in [5.74, 6) is -0.569. The van der Waals surface area contributed by atoms with E-state index >= 15 is 0 Å². The van der Waals surface area contributed by atoms with Gasteiger partial charge in [-0.15, -0.1) is 0 Å². The van der Waals surface area contributed by atoms with E-state index in [-0.39, 0.29) is 25.2 Å². The van der Waals surface area contributed by atoms with Crippen molar-refractivity contribution in [2.45, 2.75) is 380 Å². The molecule has 0 fully saturated rings. The number of carbonyl (C=O) groups excluding carboxylic acids is 2. The Bertz CT molecular complexity index is 1480. The number of ether oxygens (including phenoxy) is 2. The fraction of sp³-hybridized carbons (Fsp3) is 0.792. The zero-order valence-electron chi connectivity index (χ0n) is 54.8. The van der Waals surface area contributed by atoms with Gasteiger partial charge in [-0.3, -0.25) is 9.59 Å². The van der Waals surface area contributed by atoms with Gasteiger partial charge >= 0.3 is 11.9 Å². The van der Waals surface area contributed by atoms with Crippen LogP contribution >= 0.6 is 0 Å². The molecule has 5 nitrogen and oxygen atoms in total. The summed E-state index contributed by atoms with van der Waals surface area (Å²) in [5.41, 5.74) is 0. The van der Waals surface area contributed by atoms with E-state index < -0.39 is 6.10 Å². The number of allylic oxidation sites excluding steroid dienone is 14. The van der Waals surface area contributed by atoms with Crippen molar-refractivity contribution in [3.05, 3.63) is 85.1 Å². The summed E-state index contributed by atoms with van der Waals surface area (Å²) in [7, 11) is 0. The molecule has 0 radical (unpaired) electrons. The molecule has 0 aromatic heterocycles. The van der Waals surface area contributed by atoms with Crippen LogP contribution in [0, 0.1) is 0 Å². The van der Waals surface area contributed by atoms with Crippen LogP contribution in [0.2, 0.25) is 0 Å². The number of hydrogen-bond donors (Lipinski definition) is 1. The molecular weight excluding hydrogens is 1000 g/mol. The Hall–Kier alpha value is -2.92. The average Bonchev–Trinajstić information content (AvgIpc) is 3.49. The molecule has 1 N–H and O–H groups in total. The average molecular weight is 1140 g/mol. The molecule has 0 amide bonds. The van der Waals surface area contributed by atoms with E-state index in [0.29, 0.717) is 12.8 Å². The van der Waals surface area contributed by atoms with Crippen LogP contribution in [0.1, 0.15) is 373 Å². The molecule has 0 bridgehead atoms. The zero-order chi connectivity index (χ0) is 59.1. The first kappa shape index (κ1) is 79.1. The number of aliphatic hydroxyl groups is 1. The number of unbranched alkanes of at least 4 members (excludes halogenated alkanes) is 45. The second-order valence-electron chi connectivity index (χ2n) is 24.3. The van der Waals surface area contributed by atoms with Crippen LogP contribution in [0.5, 0.6) is 0 Å². The largest absolute Gasteiger partial charge is 0.462 e. The molecule has 1 atom stereocenters. The van der Waals surface area contributed by atoms with E-state index in [0.717, 1.165) is 77.0 Å². The lowest BCUT2D eigenvalue weighted by atomic mass is 10.0. The van der Waals surface area contributed by atoms with Gasteiger partial charge < -0.3 is 14.6 Å². The van der Waals surface area contributed by atoms with Crippen molar-refractivity contribution in [3.8, 4) is 0 Å². The predicted molar refractivity (Wildman–Crippen MR) is 362 cm³/mol. The zero-order valence-corrected chi connectivity index (χ0v) is 54.8. The monoisotopic (exact) mass is 1140 g/mol. The fourth-order valence-corrected chi connectivity index (χ4v) is 10.8. The molecule has 0 aliphatic carbocycles. The van der Waals surface area contributed by atoms with E-state index in [1.54, 1.807) is 0 Å². The molecule has 0 aromatic carbocycles. The maximum atomic E-state index is 12.4. The van der Waals surface area contributed by atoms with Crippen molar-refractivity contribution in [2.75, 3.05) is 13.2 Å². The Morgan fingerprint density at radius 2 is 0.524 bits per heavy atom. The first-order valence-corrected chi connectivity index (χ1v) is 36.1. The standard InChI is InChI=1S/C77H138O5/c1-3-5-7-9-11-13-15-17-19-21-23-25-27-29-31-32-33-34-35-36-37-38-39-40-41-42-43-44-46-48-50-52-54-56-58-60-62-64-66-68-70-72-77(80)82-75(73-78)74-81-76(79)71-69-67-65-63-61-59-57-55-53-51-49-47-45-30-28-26-24-22-20-18-16-14-12-10-8-6-4-2/h5,7,11,13,17,19,23,25,29,31,33-34,36-37,75,78H,3-4,6,8-10,12,14-16,18,20-22,24,26-28,30,32,35,38-74H2,1-2H3/b7-5-,13-11-,19-17-,25-23-,31-29-,34-33-,37-36-. The predicted octanol–water partition coefficient (Wildman–Crippen LogP) is 25.2. The number of aliphatic hydroxyl groups excluding tert-OH is 1. The van der Waals surface area contributed by atoms with Crippen molar-refractivity contribution in [1.82, 2.24) is 0 Å². The molecule has 476 valence electrons. The van der Waals surface area contributed by atoms with Crippen molar-refractivity contribution < 1.29 is 24.2 Å². The first-order valence-electron chi connectivity index (χ1n) is 36.1. The van der Waals surface area contributed by atoms with E-state index in [2.05, 4.69) is 98.9 Å². The lowest BCUT2D eigenvalue weighted by Crippen LogP contribution is -2.28. The van der Waals surface area contributed by atoms with E-state index in [9.17, 15) is 14.7 Å². The summed E-state index contributed by atoms with van der Waals surface area (Å²) in [6.07, 6.45) is 102. The molecule has 0 heterocycles. The normalized spacial score (nSPS) is 12.7. The Morgan fingerprint density at radius 1 is 0.293 bits per heavy atom. The highest BCUT2D eigenvalue weighted by atomic mass is 16.6. The summed E-state index contributed by atoms with van der Waals surface area (Å²) in [4.78, 5) is 24.7. The molecule has 0 saturated heterocycles. The second-order valence-corrected chi connectivity index (χ2v) is 24.3. The van der Waals surface area contributed by atoms with Gasteiger partial charge in [-0.25, -0.2) is 0 Å². The van der Waals surface area contributed by atoms with Gasteiger partial charge in [0.25, 0.3) is 0 Å². The highest BCUT2D eigenvalue weighted by Crippen LogP contribution is 2.19. The van der Waals surface area contributed by atoms with Gasteiger partial charge in [0.05, 0.1) is 6.61 Å². The van der Waals surface area contributed by atoms with Crippen LogP contribution < -0.4 is 0 Å². The summed E-state index contributed by atoms with van der Waals surface area (Å²) in [6, 6.07) is 0. The molecule has 0 aromatic rings. The third kappa shape index (κ3) is 69.6. The van der Waals surface area contributed by atoms with Crippen molar-refractivity contribution in [1.29, 1.82) is 0 Å². The highest BCUT2D eigenvalue weighted by Gasteiger charge is 2.16. The van der Waals surface area contributed by atoms with Crippen LogP contribution in [-0.4, -0.2) is 36.4 Å². The fourth-order valence-electron chi connectivity index (χ4n) is 10.8. The first-order chi connectivity index (χ1) is 40.6. The molecule has 0 saturated carbocycles. The Morgan fingerprint density at radius 3 is 0.793 bits per heavy atom. The smallest absolute Gasteiger partial charge is 0.306 e. The molecule has 5 heteroatoms. The maximum Gasteiger partial charge on any atom is 0.306 e. The van der Waals surface area contributed by atoms with Crippen molar-refractivity contribution >= 4 is 11.9 Å². The van der Waals surface area contributed by atoms with Crippen molar-refractivity contribution in [3.63, 3.8) is 0 Å².